The lowest BCUT2D eigenvalue weighted by atomic mass is 9.99. The first-order chi connectivity index (χ1) is 10.8. The zero-order valence-corrected chi connectivity index (χ0v) is 12.4. The summed E-state index contributed by atoms with van der Waals surface area (Å²) >= 11 is 0. The summed E-state index contributed by atoms with van der Waals surface area (Å²) in [5.74, 6) is 0.902. The van der Waals surface area contributed by atoms with E-state index in [0.29, 0.717) is 0 Å². The molecule has 1 radical (unpaired) electrons. The van der Waals surface area contributed by atoms with Crippen molar-refractivity contribution >= 4 is 11.4 Å². The zero-order valence-electron chi connectivity index (χ0n) is 12.4. The summed E-state index contributed by atoms with van der Waals surface area (Å²) in [7, 11) is 1.70. The van der Waals surface area contributed by atoms with E-state index in [0.717, 1.165) is 23.5 Å². The summed E-state index contributed by atoms with van der Waals surface area (Å²) in [6.07, 6.45) is 0.895. The molecule has 0 unspecified atom stereocenters. The van der Waals surface area contributed by atoms with Crippen LogP contribution >= 0.6 is 0 Å². The Bertz CT molecular complexity index is 839. The van der Waals surface area contributed by atoms with Gasteiger partial charge in [-0.1, -0.05) is 36.4 Å². The second kappa shape index (κ2) is 5.23. The fourth-order valence-corrected chi connectivity index (χ4v) is 2.95. The third-order valence-corrected chi connectivity index (χ3v) is 4.04. The van der Waals surface area contributed by atoms with Gasteiger partial charge in [0.25, 0.3) is 0 Å². The van der Waals surface area contributed by atoms with Crippen molar-refractivity contribution in [3.05, 3.63) is 77.9 Å². The largest absolute Gasteiger partial charge is 0.497 e. The van der Waals surface area contributed by atoms with E-state index in [1.807, 2.05) is 18.2 Å². The molecule has 0 amide bonds. The second-order valence-electron chi connectivity index (χ2n) is 5.51. The molecular weight excluding hydrogens is 270 g/mol. The van der Waals surface area contributed by atoms with Gasteiger partial charge < -0.3 is 4.74 Å². The number of benzene rings is 3. The van der Waals surface area contributed by atoms with E-state index in [2.05, 4.69) is 53.8 Å². The maximum absolute atomic E-state index is 5.30. The van der Waals surface area contributed by atoms with Crippen molar-refractivity contribution in [3.63, 3.8) is 0 Å². The smallest absolute Gasteiger partial charge is 0.119 e. The fraction of sp³-hybridized carbons (Fsp3) is 0.100. The Balaban J connectivity index is 1.68. The molecule has 2 heteroatoms. The minimum Gasteiger partial charge on any atom is -0.497 e. The SMILES string of the molecule is COc1cccc(Cc2ccc3c(c2)-c2ccccc2[N]3)c1. The van der Waals surface area contributed by atoms with Crippen LogP contribution in [-0.4, -0.2) is 7.11 Å². The van der Waals surface area contributed by atoms with Crippen LogP contribution in [0.15, 0.2) is 66.7 Å². The van der Waals surface area contributed by atoms with E-state index in [9.17, 15) is 0 Å². The van der Waals surface area contributed by atoms with Gasteiger partial charge in [-0.3, -0.25) is 0 Å². The van der Waals surface area contributed by atoms with Gasteiger partial charge in [-0.2, -0.15) is 0 Å². The minimum absolute atomic E-state index is 0.895. The Morgan fingerprint density at radius 1 is 0.773 bits per heavy atom. The molecule has 0 atom stereocenters. The lowest BCUT2D eigenvalue weighted by molar-refractivity contribution is 0.414. The number of rotatable bonds is 3. The molecule has 4 rings (SSSR count). The van der Waals surface area contributed by atoms with E-state index < -0.39 is 0 Å². The number of para-hydroxylation sites is 1. The molecule has 2 nitrogen and oxygen atoms in total. The van der Waals surface area contributed by atoms with Crippen LogP contribution in [0.4, 0.5) is 11.4 Å². The molecular formula is C20H16NO. The summed E-state index contributed by atoms with van der Waals surface area (Å²) in [6, 6.07) is 23.1. The van der Waals surface area contributed by atoms with Crippen LogP contribution in [0.3, 0.4) is 0 Å². The third kappa shape index (κ3) is 2.23. The van der Waals surface area contributed by atoms with Crippen molar-refractivity contribution in [2.24, 2.45) is 0 Å². The molecule has 1 aliphatic rings. The molecule has 0 bridgehead atoms. The van der Waals surface area contributed by atoms with Gasteiger partial charge in [-0.15, -0.1) is 0 Å². The van der Waals surface area contributed by atoms with Crippen molar-refractivity contribution in [3.8, 4) is 16.9 Å². The molecule has 0 N–H and O–H groups in total. The second-order valence-corrected chi connectivity index (χ2v) is 5.51. The van der Waals surface area contributed by atoms with Gasteiger partial charge in [0, 0.05) is 11.1 Å². The summed E-state index contributed by atoms with van der Waals surface area (Å²) in [5.41, 5.74) is 7.13. The molecule has 107 valence electrons. The molecule has 0 saturated heterocycles. The van der Waals surface area contributed by atoms with Crippen molar-refractivity contribution in [2.75, 3.05) is 7.11 Å². The van der Waals surface area contributed by atoms with Crippen molar-refractivity contribution in [1.82, 2.24) is 5.32 Å². The van der Waals surface area contributed by atoms with Gasteiger partial charge in [-0.25, -0.2) is 5.32 Å². The molecule has 3 aromatic carbocycles. The monoisotopic (exact) mass is 286 g/mol. The first kappa shape index (κ1) is 13.0. The van der Waals surface area contributed by atoms with E-state index in [4.69, 9.17) is 4.74 Å². The van der Waals surface area contributed by atoms with Crippen molar-refractivity contribution < 1.29 is 4.74 Å². The summed E-state index contributed by atoms with van der Waals surface area (Å²) in [6.45, 7) is 0. The standard InChI is InChI=1S/C20H16NO/c1-22-16-6-4-5-14(12-16)11-15-9-10-20-18(13-15)17-7-2-3-8-19(17)21-20/h2-10,12-13H,11H2,1H3. The van der Waals surface area contributed by atoms with Crippen LogP contribution in [0.1, 0.15) is 11.1 Å². The van der Waals surface area contributed by atoms with Crippen LogP contribution in [-0.2, 0) is 6.42 Å². The number of methoxy groups -OCH3 is 1. The molecule has 0 fully saturated rings. The predicted octanol–water partition coefficient (Wildman–Crippen LogP) is 4.83. The van der Waals surface area contributed by atoms with E-state index >= 15 is 0 Å². The molecule has 0 saturated carbocycles. The molecule has 22 heavy (non-hydrogen) atoms. The number of hydrogen-bond donors (Lipinski definition) is 0. The maximum atomic E-state index is 5.30. The Hall–Kier alpha value is -2.74. The van der Waals surface area contributed by atoms with Gasteiger partial charge in [0.2, 0.25) is 0 Å². The summed E-state index contributed by atoms with van der Waals surface area (Å²) in [4.78, 5) is 0. The highest BCUT2D eigenvalue weighted by Crippen LogP contribution is 2.42. The van der Waals surface area contributed by atoms with Crippen LogP contribution in [0.5, 0.6) is 5.75 Å². The highest BCUT2D eigenvalue weighted by atomic mass is 16.5. The highest BCUT2D eigenvalue weighted by molar-refractivity contribution is 5.90. The molecule has 0 aliphatic carbocycles. The summed E-state index contributed by atoms with van der Waals surface area (Å²) in [5, 5.41) is 4.67. The number of nitrogens with zero attached hydrogens (tertiary/aromatic N) is 1. The Labute approximate surface area is 130 Å². The van der Waals surface area contributed by atoms with E-state index in [1.165, 1.54) is 22.3 Å². The lowest BCUT2D eigenvalue weighted by Crippen LogP contribution is -1.91. The van der Waals surface area contributed by atoms with Gasteiger partial charge in [0.05, 0.1) is 18.5 Å². The summed E-state index contributed by atoms with van der Waals surface area (Å²) < 4.78 is 5.30. The fourth-order valence-electron chi connectivity index (χ4n) is 2.95. The van der Waals surface area contributed by atoms with Gasteiger partial charge in [0.1, 0.15) is 5.75 Å². The van der Waals surface area contributed by atoms with Crippen molar-refractivity contribution in [2.45, 2.75) is 6.42 Å². The third-order valence-electron chi connectivity index (χ3n) is 4.04. The van der Waals surface area contributed by atoms with E-state index in [1.54, 1.807) is 7.11 Å². The Morgan fingerprint density at radius 2 is 1.59 bits per heavy atom. The Kier molecular flexibility index (Phi) is 3.08. The number of fused-ring (bicyclic) bond motifs is 3. The normalized spacial score (nSPS) is 11.5. The average molecular weight is 286 g/mol. The quantitative estimate of drug-likeness (QED) is 0.529. The maximum Gasteiger partial charge on any atom is 0.119 e. The number of ether oxygens (including phenoxy) is 1. The first-order valence-electron chi connectivity index (χ1n) is 7.40. The van der Waals surface area contributed by atoms with Crippen LogP contribution in [0.25, 0.3) is 11.1 Å². The van der Waals surface area contributed by atoms with Crippen LogP contribution < -0.4 is 10.1 Å². The van der Waals surface area contributed by atoms with Crippen LogP contribution in [0, 0.1) is 0 Å². The van der Waals surface area contributed by atoms with Crippen molar-refractivity contribution in [1.29, 1.82) is 0 Å². The van der Waals surface area contributed by atoms with Crippen LogP contribution in [0.2, 0.25) is 0 Å². The average Bonchev–Trinajstić information content (AvgIpc) is 2.93. The molecule has 3 aromatic rings. The number of hydrogen-bond acceptors (Lipinski definition) is 1. The predicted molar refractivity (Wildman–Crippen MR) is 89.1 cm³/mol. The molecule has 0 spiro atoms. The topological polar surface area (TPSA) is 23.3 Å². The molecule has 1 heterocycles. The highest BCUT2D eigenvalue weighted by Gasteiger charge is 2.19. The Morgan fingerprint density at radius 3 is 2.50 bits per heavy atom. The zero-order chi connectivity index (χ0) is 14.9. The van der Waals surface area contributed by atoms with Gasteiger partial charge >= 0.3 is 0 Å². The van der Waals surface area contributed by atoms with E-state index in [-0.39, 0.29) is 0 Å². The van der Waals surface area contributed by atoms with Gasteiger partial charge in [-0.05, 0) is 47.9 Å². The minimum atomic E-state index is 0.895. The molecule has 1 aliphatic heterocycles. The first-order valence-corrected chi connectivity index (χ1v) is 7.40. The molecule has 0 aromatic heterocycles. The van der Waals surface area contributed by atoms with Gasteiger partial charge in [0.15, 0.2) is 0 Å². The lowest BCUT2D eigenvalue weighted by Gasteiger charge is -2.07.